The van der Waals surface area contributed by atoms with Gasteiger partial charge in [-0.05, 0) is 96.3 Å². The molecule has 2 unspecified atom stereocenters. The van der Waals surface area contributed by atoms with Gasteiger partial charge >= 0.3 is 11.9 Å². The van der Waals surface area contributed by atoms with Crippen LogP contribution in [-0.4, -0.2) is 82.3 Å². The van der Waals surface area contributed by atoms with Gasteiger partial charge in [-0.3, -0.25) is 9.59 Å². The number of esters is 2. The Morgan fingerprint density at radius 3 is 0.941 bits per heavy atom. The quantitative estimate of drug-likeness (QED) is 0.0195. The maximum absolute atomic E-state index is 12.9. The highest BCUT2D eigenvalue weighted by Crippen LogP contribution is 2.18. The van der Waals surface area contributed by atoms with Gasteiger partial charge in [-0.2, -0.15) is 0 Å². The predicted molar refractivity (Wildman–Crippen MR) is 361 cm³/mol. The maximum atomic E-state index is 12.9. The van der Waals surface area contributed by atoms with Crippen LogP contribution in [0.25, 0.3) is 0 Å². The molecular weight excluding hydrogens is 1050 g/mol. The predicted octanol–water partition coefficient (Wildman–Crippen LogP) is 20.5. The summed E-state index contributed by atoms with van der Waals surface area (Å²) in [5.41, 5.74) is 0. The zero-order valence-corrected chi connectivity index (χ0v) is 55.7. The van der Waals surface area contributed by atoms with Crippen molar-refractivity contribution in [2.75, 3.05) is 47.5 Å². The highest BCUT2D eigenvalue weighted by molar-refractivity contribution is 5.70. The summed E-state index contributed by atoms with van der Waals surface area (Å²) in [5, 5.41) is 11.8. The van der Waals surface area contributed by atoms with Gasteiger partial charge in [0.2, 0.25) is 0 Å². The zero-order valence-electron chi connectivity index (χ0n) is 55.7. The van der Waals surface area contributed by atoms with Crippen molar-refractivity contribution in [2.24, 2.45) is 0 Å². The number of carboxylic acid groups (broad SMARTS) is 1. The number of unbranched alkanes of at least 4 members (excludes halogenated alkanes) is 31. The molecule has 85 heavy (non-hydrogen) atoms. The van der Waals surface area contributed by atoms with E-state index in [0.717, 1.165) is 89.9 Å². The summed E-state index contributed by atoms with van der Waals surface area (Å²) in [6, 6.07) is 0. The van der Waals surface area contributed by atoms with Crippen molar-refractivity contribution in [3.05, 3.63) is 109 Å². The second-order valence-corrected chi connectivity index (χ2v) is 24.4. The number of rotatable bonds is 64. The Labute approximate surface area is 524 Å². The summed E-state index contributed by atoms with van der Waals surface area (Å²) >= 11 is 0. The molecule has 0 rings (SSSR count). The van der Waals surface area contributed by atoms with E-state index in [-0.39, 0.29) is 38.6 Å². The minimum atomic E-state index is -1.63. The van der Waals surface area contributed by atoms with Gasteiger partial charge in [0.1, 0.15) is 13.2 Å². The Morgan fingerprint density at radius 2 is 0.635 bits per heavy atom. The molecule has 0 radical (unpaired) electrons. The molecule has 0 aromatic heterocycles. The molecule has 9 nitrogen and oxygen atoms in total. The third kappa shape index (κ3) is 67.3. The van der Waals surface area contributed by atoms with E-state index in [4.69, 9.17) is 18.9 Å². The van der Waals surface area contributed by atoms with Crippen LogP contribution in [0.3, 0.4) is 0 Å². The first kappa shape index (κ1) is 81.0. The fourth-order valence-electron chi connectivity index (χ4n) is 9.73. The highest BCUT2D eigenvalue weighted by Gasteiger charge is 2.22. The van der Waals surface area contributed by atoms with Gasteiger partial charge in [-0.1, -0.05) is 297 Å². The van der Waals surface area contributed by atoms with E-state index >= 15 is 0 Å². The van der Waals surface area contributed by atoms with E-state index in [1.165, 1.54) is 173 Å². The number of hydrogen-bond donors (Lipinski definition) is 0. The lowest BCUT2D eigenvalue weighted by atomic mass is 10.0. The van der Waals surface area contributed by atoms with Gasteiger partial charge in [0, 0.05) is 12.8 Å². The summed E-state index contributed by atoms with van der Waals surface area (Å²) in [6.07, 6.45) is 88.8. The second kappa shape index (κ2) is 65.9. The molecule has 0 aliphatic carbocycles. The number of allylic oxidation sites excluding steroid dienone is 18. The molecule has 0 fully saturated rings. The van der Waals surface area contributed by atoms with E-state index in [2.05, 4.69) is 123 Å². The average Bonchev–Trinajstić information content (AvgIpc) is 3.48. The van der Waals surface area contributed by atoms with Crippen LogP contribution in [0, 0.1) is 0 Å². The fourth-order valence-corrected chi connectivity index (χ4v) is 9.73. The lowest BCUT2D eigenvalue weighted by Crippen LogP contribution is -2.44. The molecule has 0 N–H and O–H groups in total. The number of hydrogen-bond acceptors (Lipinski definition) is 8. The Bertz CT molecular complexity index is 1760. The van der Waals surface area contributed by atoms with Crippen molar-refractivity contribution in [3.63, 3.8) is 0 Å². The molecule has 0 saturated heterocycles. The fraction of sp³-hybridized carbons (Fsp3) is 0.724. The van der Waals surface area contributed by atoms with Gasteiger partial charge < -0.3 is 33.3 Å². The molecular formula is C76H131NO8. The number of aliphatic carboxylic acids is 1. The number of likely N-dealkylation sites (N-methyl/N-ethyl adjacent to an activating group) is 1. The molecule has 0 aromatic rings. The summed E-state index contributed by atoms with van der Waals surface area (Å²) in [6.45, 7) is 4.55. The smallest absolute Gasteiger partial charge is 0.306 e. The van der Waals surface area contributed by atoms with Gasteiger partial charge in [-0.25, -0.2) is 0 Å². The standard InChI is InChI=1S/C76H131NO8/c1-6-8-10-12-14-16-18-20-22-24-26-28-30-32-33-34-35-36-37-38-39-40-41-43-45-47-49-51-53-55-57-59-61-63-65-67-74(79)85-72(71-84-76(75(80)81)82-69-68-77(3,4)5)70-83-73(78)66-64-62-60-58-56-54-52-50-48-46-44-42-31-29-27-25-23-21-19-17-15-13-11-9-7-2/h8-11,14-17,20-23,26-29,32-33,72,76H,6-7,12-13,18-19,24-25,30-31,34-71H2,1-5H3/b10-8-,11-9-,16-14-,17-15-,22-20-,23-21-,28-26-,29-27-,33-32-. The number of nitrogens with zero attached hydrogens (tertiary/aromatic N) is 1. The summed E-state index contributed by atoms with van der Waals surface area (Å²) in [7, 11) is 5.93. The van der Waals surface area contributed by atoms with Crippen LogP contribution in [0.1, 0.15) is 296 Å². The third-order valence-corrected chi connectivity index (χ3v) is 15.0. The highest BCUT2D eigenvalue weighted by atomic mass is 16.7. The van der Waals surface area contributed by atoms with Gasteiger partial charge in [-0.15, -0.1) is 0 Å². The van der Waals surface area contributed by atoms with Crippen LogP contribution in [0.2, 0.25) is 0 Å². The monoisotopic (exact) mass is 1190 g/mol. The van der Waals surface area contributed by atoms with Gasteiger partial charge in [0.25, 0.3) is 0 Å². The number of ether oxygens (including phenoxy) is 4. The molecule has 2 atom stereocenters. The van der Waals surface area contributed by atoms with E-state index in [9.17, 15) is 19.5 Å². The lowest BCUT2D eigenvalue weighted by molar-refractivity contribution is -0.870. The summed E-state index contributed by atoms with van der Waals surface area (Å²) < 4.78 is 22.8. The van der Waals surface area contributed by atoms with Crippen LogP contribution in [0.5, 0.6) is 0 Å². The van der Waals surface area contributed by atoms with Crippen molar-refractivity contribution in [1.82, 2.24) is 0 Å². The molecule has 0 saturated carbocycles. The number of quaternary nitrogens is 1. The van der Waals surface area contributed by atoms with Crippen LogP contribution < -0.4 is 5.11 Å². The van der Waals surface area contributed by atoms with Crippen LogP contribution in [0.15, 0.2) is 109 Å². The van der Waals surface area contributed by atoms with Crippen molar-refractivity contribution in [3.8, 4) is 0 Å². The Morgan fingerprint density at radius 1 is 0.353 bits per heavy atom. The molecule has 0 heterocycles. The normalized spacial score (nSPS) is 13.4. The van der Waals surface area contributed by atoms with E-state index < -0.39 is 24.3 Å². The first-order chi connectivity index (χ1) is 41.6. The molecule has 0 amide bonds. The van der Waals surface area contributed by atoms with E-state index in [1.54, 1.807) is 0 Å². The third-order valence-electron chi connectivity index (χ3n) is 15.0. The molecule has 0 bridgehead atoms. The van der Waals surface area contributed by atoms with Crippen LogP contribution in [-0.2, 0) is 33.3 Å². The van der Waals surface area contributed by atoms with E-state index in [1.807, 2.05) is 21.1 Å². The van der Waals surface area contributed by atoms with Gasteiger partial charge in [0.05, 0.1) is 40.3 Å². The first-order valence-electron chi connectivity index (χ1n) is 35.0. The largest absolute Gasteiger partial charge is 0.545 e. The van der Waals surface area contributed by atoms with E-state index in [0.29, 0.717) is 17.4 Å². The maximum Gasteiger partial charge on any atom is 0.306 e. The topological polar surface area (TPSA) is 111 Å². The van der Waals surface area contributed by atoms with Crippen molar-refractivity contribution in [2.45, 2.75) is 309 Å². The Hall–Kier alpha value is -4.05. The lowest BCUT2D eigenvalue weighted by Gasteiger charge is -2.26. The molecule has 0 aliphatic rings. The Kier molecular flexibility index (Phi) is 62.8. The molecule has 0 spiro atoms. The summed E-state index contributed by atoms with van der Waals surface area (Å²) in [5.74, 6) is -2.28. The minimum Gasteiger partial charge on any atom is -0.545 e. The van der Waals surface area contributed by atoms with Crippen LogP contribution in [0.4, 0.5) is 0 Å². The number of carbonyl (C=O) groups is 3. The molecule has 0 aliphatic heterocycles. The van der Waals surface area contributed by atoms with Crippen LogP contribution >= 0.6 is 0 Å². The first-order valence-corrected chi connectivity index (χ1v) is 35.0. The van der Waals surface area contributed by atoms with Gasteiger partial charge in [0.15, 0.2) is 12.4 Å². The summed E-state index contributed by atoms with van der Waals surface area (Å²) in [4.78, 5) is 37.5. The average molecular weight is 1190 g/mol. The minimum absolute atomic E-state index is 0.145. The second-order valence-electron chi connectivity index (χ2n) is 24.4. The molecule has 0 aromatic carbocycles. The van der Waals surface area contributed by atoms with Crippen molar-refractivity contribution in [1.29, 1.82) is 0 Å². The Balaban J connectivity index is 4.08. The van der Waals surface area contributed by atoms with Crippen molar-refractivity contribution < 1.29 is 42.9 Å². The number of carbonyl (C=O) groups excluding carboxylic acids is 3. The zero-order chi connectivity index (χ0) is 61.9. The molecule has 9 heteroatoms. The number of carboxylic acids is 1. The molecule has 488 valence electrons. The van der Waals surface area contributed by atoms with Crippen molar-refractivity contribution >= 4 is 17.9 Å². The SMILES string of the molecule is CC/C=C\C/C=C\C/C=C\C/C=C\C/C=C\CCCCCCCCCCCCCCCCCCCCCC(=O)OC(COC(=O)CCCCCCCCCCCCCC/C=C\C/C=C\C/C=C\C/C=C\CC)COC(OCC[N+](C)(C)C)C(=O)[O-].